The number of thiazole rings is 1. The van der Waals surface area contributed by atoms with Gasteiger partial charge < -0.3 is 10.8 Å². The number of aromatic carboxylic acids is 1. The molecule has 0 atom stereocenters. The highest BCUT2D eigenvalue weighted by atomic mass is 32.1. The van der Waals surface area contributed by atoms with Crippen molar-refractivity contribution in [1.29, 1.82) is 0 Å². The van der Waals surface area contributed by atoms with Gasteiger partial charge in [-0.15, -0.1) is 11.3 Å². The van der Waals surface area contributed by atoms with E-state index in [4.69, 9.17) is 10.8 Å². The van der Waals surface area contributed by atoms with Crippen LogP contribution in [0.3, 0.4) is 0 Å². The predicted molar refractivity (Wildman–Crippen MR) is 68.8 cm³/mol. The molecule has 0 unspecified atom stereocenters. The average Bonchev–Trinajstić information content (AvgIpc) is 2.88. The second kappa shape index (κ2) is 3.82. The summed E-state index contributed by atoms with van der Waals surface area (Å²) in [6.07, 6.45) is 3.48. The Hall–Kier alpha value is -1.40. The monoisotopic (exact) mass is 266 g/mol. The molecule has 0 saturated carbocycles. The van der Waals surface area contributed by atoms with Crippen molar-refractivity contribution >= 4 is 33.6 Å². The zero-order valence-corrected chi connectivity index (χ0v) is 10.5. The van der Waals surface area contributed by atoms with Crippen LogP contribution in [0.2, 0.25) is 0 Å². The second-order valence-electron chi connectivity index (χ2n) is 3.95. The van der Waals surface area contributed by atoms with Crippen molar-refractivity contribution in [3.63, 3.8) is 0 Å². The Morgan fingerprint density at radius 2 is 2.24 bits per heavy atom. The molecule has 0 radical (unpaired) electrons. The van der Waals surface area contributed by atoms with Gasteiger partial charge in [-0.05, 0) is 30.9 Å². The van der Waals surface area contributed by atoms with E-state index in [2.05, 4.69) is 11.1 Å². The van der Waals surface area contributed by atoms with E-state index >= 15 is 0 Å². The zero-order valence-electron chi connectivity index (χ0n) is 8.90. The Kier molecular flexibility index (Phi) is 2.41. The number of aryl methyl sites for hydroxylation is 2. The van der Waals surface area contributed by atoms with Gasteiger partial charge in [-0.2, -0.15) is 0 Å². The number of rotatable bonds is 2. The molecule has 0 amide bonds. The fourth-order valence-corrected chi connectivity index (χ4v) is 4.15. The van der Waals surface area contributed by atoms with E-state index in [1.54, 1.807) is 11.3 Å². The van der Waals surface area contributed by atoms with Gasteiger partial charge in [0.2, 0.25) is 0 Å². The lowest BCUT2D eigenvalue weighted by atomic mass is 10.2. The van der Waals surface area contributed by atoms with Crippen molar-refractivity contribution < 1.29 is 9.90 Å². The number of nitrogen functional groups attached to an aromatic ring is 1. The first-order valence-corrected chi connectivity index (χ1v) is 6.90. The van der Waals surface area contributed by atoms with Crippen LogP contribution < -0.4 is 5.73 Å². The molecule has 17 heavy (non-hydrogen) atoms. The van der Waals surface area contributed by atoms with Crippen molar-refractivity contribution in [3.05, 3.63) is 22.2 Å². The molecule has 2 aromatic rings. The molecule has 0 spiro atoms. The first kappa shape index (κ1) is 10.7. The molecule has 6 heteroatoms. The summed E-state index contributed by atoms with van der Waals surface area (Å²) >= 11 is 2.96. The summed E-state index contributed by atoms with van der Waals surface area (Å²) in [5, 5.41) is 9.91. The number of thiophene rings is 1. The van der Waals surface area contributed by atoms with Crippen molar-refractivity contribution in [2.45, 2.75) is 19.3 Å². The standard InChI is InChI=1S/C11H10N2O2S2/c12-9-8(11(14)15)13-10(17-9)7-4-5-2-1-3-6(5)16-7/h4H,1-3,12H2,(H,14,15). The van der Waals surface area contributed by atoms with Gasteiger partial charge in [-0.1, -0.05) is 11.3 Å². The van der Waals surface area contributed by atoms with Gasteiger partial charge in [-0.25, -0.2) is 9.78 Å². The lowest BCUT2D eigenvalue weighted by Crippen LogP contribution is -2.00. The first-order chi connectivity index (χ1) is 8.15. The number of carboxylic acids is 1. The van der Waals surface area contributed by atoms with Crippen LogP contribution in [0.25, 0.3) is 9.88 Å². The maximum absolute atomic E-state index is 10.9. The van der Waals surface area contributed by atoms with Gasteiger partial charge in [-0.3, -0.25) is 0 Å². The zero-order chi connectivity index (χ0) is 12.0. The van der Waals surface area contributed by atoms with Crippen LogP contribution in [0, 0.1) is 0 Å². The van der Waals surface area contributed by atoms with Crippen molar-refractivity contribution in [2.24, 2.45) is 0 Å². The minimum atomic E-state index is -1.06. The number of aromatic nitrogens is 1. The number of carbonyl (C=O) groups is 1. The van der Waals surface area contributed by atoms with Gasteiger partial charge in [0.05, 0.1) is 4.88 Å². The number of anilines is 1. The van der Waals surface area contributed by atoms with Crippen LogP contribution in [0.4, 0.5) is 5.00 Å². The molecule has 0 saturated heterocycles. The van der Waals surface area contributed by atoms with Crippen LogP contribution in [0.5, 0.6) is 0 Å². The summed E-state index contributed by atoms with van der Waals surface area (Å²) in [6.45, 7) is 0. The molecule has 1 aliphatic carbocycles. The van der Waals surface area contributed by atoms with Crippen molar-refractivity contribution in [2.75, 3.05) is 5.73 Å². The Balaban J connectivity index is 2.03. The van der Waals surface area contributed by atoms with Gasteiger partial charge in [0, 0.05) is 4.88 Å². The van der Waals surface area contributed by atoms with Gasteiger partial charge in [0.25, 0.3) is 0 Å². The second-order valence-corrected chi connectivity index (χ2v) is 6.12. The van der Waals surface area contributed by atoms with E-state index in [1.807, 2.05) is 0 Å². The molecule has 0 aliphatic heterocycles. The molecule has 3 rings (SSSR count). The van der Waals surface area contributed by atoms with Gasteiger partial charge in [0.15, 0.2) is 5.69 Å². The molecule has 2 heterocycles. The van der Waals surface area contributed by atoms with E-state index in [9.17, 15) is 4.79 Å². The maximum atomic E-state index is 10.9. The number of hydrogen-bond donors (Lipinski definition) is 2. The van der Waals surface area contributed by atoms with Crippen molar-refractivity contribution in [1.82, 2.24) is 4.98 Å². The SMILES string of the molecule is Nc1sc(-c2cc3c(s2)CCC3)nc1C(=O)O. The van der Waals surface area contributed by atoms with Gasteiger partial charge in [0.1, 0.15) is 10.0 Å². The third kappa shape index (κ3) is 1.73. The summed E-state index contributed by atoms with van der Waals surface area (Å²) in [6, 6.07) is 2.12. The summed E-state index contributed by atoms with van der Waals surface area (Å²) < 4.78 is 0. The summed E-state index contributed by atoms with van der Waals surface area (Å²) in [5.74, 6) is -1.06. The van der Waals surface area contributed by atoms with Crippen LogP contribution in [-0.4, -0.2) is 16.1 Å². The molecule has 2 aromatic heterocycles. The van der Waals surface area contributed by atoms with E-state index in [0.717, 1.165) is 22.7 Å². The topological polar surface area (TPSA) is 76.2 Å². The highest BCUT2D eigenvalue weighted by Gasteiger charge is 2.20. The van der Waals surface area contributed by atoms with Crippen molar-refractivity contribution in [3.8, 4) is 9.88 Å². The molecule has 3 N–H and O–H groups in total. The number of nitrogens with two attached hydrogens (primary N) is 1. The average molecular weight is 266 g/mol. The summed E-state index contributed by atoms with van der Waals surface area (Å²) in [7, 11) is 0. The fraction of sp³-hybridized carbons (Fsp3) is 0.273. The molecule has 0 fully saturated rings. The molecular weight excluding hydrogens is 256 g/mol. The highest BCUT2D eigenvalue weighted by Crippen LogP contribution is 2.39. The third-order valence-corrected chi connectivity index (χ3v) is 5.10. The highest BCUT2D eigenvalue weighted by molar-refractivity contribution is 7.24. The van der Waals surface area contributed by atoms with Gasteiger partial charge >= 0.3 is 5.97 Å². The molecule has 1 aliphatic rings. The Morgan fingerprint density at radius 3 is 2.88 bits per heavy atom. The summed E-state index contributed by atoms with van der Waals surface area (Å²) in [4.78, 5) is 17.4. The normalized spacial score (nSPS) is 13.9. The summed E-state index contributed by atoms with van der Waals surface area (Å²) in [5.41, 5.74) is 7.01. The Labute approximate surface area is 106 Å². The van der Waals surface area contributed by atoms with Crippen LogP contribution in [-0.2, 0) is 12.8 Å². The molecule has 4 nitrogen and oxygen atoms in total. The lowest BCUT2D eigenvalue weighted by molar-refractivity contribution is 0.0692. The fourth-order valence-electron chi connectivity index (χ4n) is 2.03. The first-order valence-electron chi connectivity index (χ1n) is 5.26. The molecule has 0 aromatic carbocycles. The minimum Gasteiger partial charge on any atom is -0.476 e. The number of carboxylic acid groups (broad SMARTS) is 1. The Bertz CT molecular complexity index is 579. The van der Waals surface area contributed by atoms with E-state index in [-0.39, 0.29) is 10.7 Å². The predicted octanol–water partition coefficient (Wildman–Crippen LogP) is 2.64. The Morgan fingerprint density at radius 1 is 1.41 bits per heavy atom. The lowest BCUT2D eigenvalue weighted by Gasteiger charge is -1.89. The van der Waals surface area contributed by atoms with Crippen LogP contribution in [0.15, 0.2) is 6.07 Å². The maximum Gasteiger partial charge on any atom is 0.357 e. The largest absolute Gasteiger partial charge is 0.476 e. The third-order valence-electron chi connectivity index (χ3n) is 2.81. The number of nitrogens with zero attached hydrogens (tertiary/aromatic N) is 1. The molecule has 88 valence electrons. The van der Waals surface area contributed by atoms with E-state index in [1.165, 1.54) is 28.2 Å². The quantitative estimate of drug-likeness (QED) is 0.876. The smallest absolute Gasteiger partial charge is 0.357 e. The van der Waals surface area contributed by atoms with E-state index in [0.29, 0.717) is 0 Å². The van der Waals surface area contributed by atoms with E-state index < -0.39 is 5.97 Å². The molecule has 0 bridgehead atoms. The molecular formula is C11H10N2O2S2. The minimum absolute atomic E-state index is 0.0291. The van der Waals surface area contributed by atoms with Crippen LogP contribution >= 0.6 is 22.7 Å². The van der Waals surface area contributed by atoms with Crippen LogP contribution in [0.1, 0.15) is 27.3 Å². The number of hydrogen-bond acceptors (Lipinski definition) is 5. The number of fused-ring (bicyclic) bond motifs is 1.